The summed E-state index contributed by atoms with van der Waals surface area (Å²) in [5.41, 5.74) is 5.12. The van der Waals surface area contributed by atoms with E-state index in [1.807, 2.05) is 31.2 Å². The van der Waals surface area contributed by atoms with Crippen LogP contribution >= 0.6 is 11.8 Å². The molecule has 1 aliphatic carbocycles. The molecule has 4 nitrogen and oxygen atoms in total. The summed E-state index contributed by atoms with van der Waals surface area (Å²) in [5.74, 6) is 0.264. The molecule has 32 heavy (non-hydrogen) atoms. The van der Waals surface area contributed by atoms with E-state index < -0.39 is 0 Å². The van der Waals surface area contributed by atoms with Gasteiger partial charge in [0.15, 0.2) is 0 Å². The molecule has 0 saturated carbocycles. The second-order valence-electron chi connectivity index (χ2n) is 8.43. The first-order valence-corrected chi connectivity index (χ1v) is 11.4. The van der Waals surface area contributed by atoms with Gasteiger partial charge >= 0.3 is 0 Å². The Morgan fingerprint density at radius 3 is 2.50 bits per heavy atom. The van der Waals surface area contributed by atoms with Crippen LogP contribution in [0.2, 0.25) is 0 Å². The van der Waals surface area contributed by atoms with Crippen molar-refractivity contribution in [3.05, 3.63) is 102 Å². The highest BCUT2D eigenvalue weighted by Gasteiger charge is 2.17. The van der Waals surface area contributed by atoms with E-state index in [9.17, 15) is 5.11 Å². The van der Waals surface area contributed by atoms with E-state index >= 15 is 0 Å². The van der Waals surface area contributed by atoms with Gasteiger partial charge in [0.25, 0.3) is 0 Å². The molecule has 2 aromatic rings. The van der Waals surface area contributed by atoms with Crippen LogP contribution in [-0.4, -0.2) is 20.5 Å². The number of aliphatic hydroxyl groups excluding tert-OH is 1. The lowest BCUT2D eigenvalue weighted by Gasteiger charge is -2.20. The third-order valence-corrected chi connectivity index (χ3v) is 5.86. The van der Waals surface area contributed by atoms with Gasteiger partial charge in [-0.05, 0) is 64.7 Å². The first-order valence-electron chi connectivity index (χ1n) is 10.6. The van der Waals surface area contributed by atoms with Gasteiger partial charge in [-0.3, -0.25) is 0 Å². The van der Waals surface area contributed by atoms with Crippen LogP contribution in [0.1, 0.15) is 40.5 Å². The summed E-state index contributed by atoms with van der Waals surface area (Å²) in [6.45, 7) is 19.6. The number of thioether (sulfide) groups is 1. The lowest BCUT2D eigenvalue weighted by atomic mass is 9.85. The molecule has 0 spiro atoms. The number of nitrogens with one attached hydrogen (secondary N) is 1. The minimum absolute atomic E-state index is 0.0369. The molecule has 1 aromatic carbocycles. The van der Waals surface area contributed by atoms with Crippen molar-refractivity contribution in [1.29, 1.82) is 0 Å². The number of nitrogens with zero attached hydrogens (tertiary/aromatic N) is 2. The molecule has 2 N–H and O–H groups in total. The SMILES string of the molecule is C=C/C(O)=C(\C=C\C)C(C)(C)C.C=CCC1=CC=C(Sc2ccc3n[nH]nc3c2)CC1=C. The zero-order chi connectivity index (χ0) is 23.7. The molecule has 1 aromatic heterocycles. The number of benzene rings is 1. The molecule has 0 unspecified atom stereocenters. The number of aromatic amines is 1. The van der Waals surface area contributed by atoms with Crippen molar-refractivity contribution in [2.45, 2.75) is 45.4 Å². The number of hydrogen-bond acceptors (Lipinski definition) is 4. The van der Waals surface area contributed by atoms with Crippen LogP contribution in [0.25, 0.3) is 11.0 Å². The van der Waals surface area contributed by atoms with Crippen LogP contribution in [0.4, 0.5) is 0 Å². The van der Waals surface area contributed by atoms with Gasteiger partial charge in [-0.1, -0.05) is 76.1 Å². The molecule has 0 radical (unpaired) electrons. The van der Waals surface area contributed by atoms with Gasteiger partial charge in [-0.2, -0.15) is 15.4 Å². The van der Waals surface area contributed by atoms with Crippen LogP contribution in [-0.2, 0) is 0 Å². The van der Waals surface area contributed by atoms with Crippen LogP contribution in [0.5, 0.6) is 0 Å². The maximum Gasteiger partial charge on any atom is 0.118 e. The lowest BCUT2D eigenvalue weighted by molar-refractivity contribution is 0.397. The standard InChI is InChI=1S/C16H15N3S.C11H18O/c1-3-4-12-5-6-13(9-11(12)2)20-14-7-8-15-16(10-14)18-19-17-15;1-6-8-9(10(12)7-2)11(3,4)5/h3,5-8,10H,1-2,4,9H2,(H,17,18,19);6-8,12H,2H2,1,3-5H3/b;8-6+,10-9-. The van der Waals surface area contributed by atoms with E-state index in [-0.39, 0.29) is 11.2 Å². The van der Waals surface area contributed by atoms with E-state index in [2.05, 4.69) is 80.2 Å². The number of aromatic nitrogens is 3. The summed E-state index contributed by atoms with van der Waals surface area (Å²) in [6, 6.07) is 6.11. The van der Waals surface area contributed by atoms with Crippen molar-refractivity contribution in [3.63, 3.8) is 0 Å². The predicted octanol–water partition coefficient (Wildman–Crippen LogP) is 8.00. The van der Waals surface area contributed by atoms with E-state index in [1.165, 1.54) is 27.0 Å². The van der Waals surface area contributed by atoms with Crippen LogP contribution < -0.4 is 0 Å². The minimum Gasteiger partial charge on any atom is -0.508 e. The van der Waals surface area contributed by atoms with Crippen molar-refractivity contribution in [3.8, 4) is 0 Å². The highest BCUT2D eigenvalue weighted by Crippen LogP contribution is 2.36. The van der Waals surface area contributed by atoms with Gasteiger partial charge in [-0.25, -0.2) is 0 Å². The molecular weight excluding hydrogens is 414 g/mol. The van der Waals surface area contributed by atoms with E-state index in [0.717, 1.165) is 29.4 Å². The first kappa shape index (κ1) is 25.2. The Balaban J connectivity index is 0.000000262. The molecule has 1 heterocycles. The molecule has 5 heteroatoms. The van der Waals surface area contributed by atoms with E-state index in [0.29, 0.717) is 0 Å². The number of fused-ring (bicyclic) bond motifs is 1. The zero-order valence-corrected chi connectivity index (χ0v) is 20.3. The molecule has 3 rings (SSSR count). The number of allylic oxidation sites excluding steroid dienone is 10. The normalized spacial score (nSPS) is 14.9. The number of H-pyrrole nitrogens is 1. The fraction of sp³-hybridized carbons (Fsp3) is 0.259. The first-order chi connectivity index (χ1) is 15.2. The van der Waals surface area contributed by atoms with Crippen LogP contribution in [0.15, 0.2) is 107 Å². The summed E-state index contributed by atoms with van der Waals surface area (Å²) < 4.78 is 0. The average molecular weight is 448 g/mol. The van der Waals surface area contributed by atoms with Crippen LogP contribution in [0.3, 0.4) is 0 Å². The fourth-order valence-electron chi connectivity index (χ4n) is 3.16. The average Bonchev–Trinajstić information content (AvgIpc) is 3.21. The molecule has 0 fully saturated rings. The molecule has 1 aliphatic rings. The van der Waals surface area contributed by atoms with Crippen molar-refractivity contribution < 1.29 is 5.11 Å². The lowest BCUT2D eigenvalue weighted by Crippen LogP contribution is -2.09. The Labute approximate surface area is 195 Å². The van der Waals surface area contributed by atoms with Crippen molar-refractivity contribution in [1.82, 2.24) is 15.4 Å². The molecule has 0 bridgehead atoms. The van der Waals surface area contributed by atoms with E-state index in [1.54, 1.807) is 11.8 Å². The summed E-state index contributed by atoms with van der Waals surface area (Å²) in [5, 5.41) is 20.3. The van der Waals surface area contributed by atoms with Crippen LogP contribution in [0, 0.1) is 5.41 Å². The quantitative estimate of drug-likeness (QED) is 0.267. The monoisotopic (exact) mass is 447 g/mol. The van der Waals surface area contributed by atoms with Gasteiger partial charge in [-0.15, -0.1) is 6.58 Å². The van der Waals surface area contributed by atoms with Crippen molar-refractivity contribution in [2.75, 3.05) is 0 Å². The molecular formula is C27H33N3OS. The van der Waals surface area contributed by atoms with Crippen molar-refractivity contribution >= 4 is 22.8 Å². The van der Waals surface area contributed by atoms with Gasteiger partial charge in [0, 0.05) is 11.3 Å². The van der Waals surface area contributed by atoms with Gasteiger partial charge < -0.3 is 5.11 Å². The van der Waals surface area contributed by atoms with Gasteiger partial charge in [0.2, 0.25) is 0 Å². The Morgan fingerprint density at radius 2 is 1.91 bits per heavy atom. The zero-order valence-electron chi connectivity index (χ0n) is 19.5. The largest absolute Gasteiger partial charge is 0.508 e. The Kier molecular flexibility index (Phi) is 9.09. The number of rotatable bonds is 6. The minimum atomic E-state index is -0.0369. The fourth-order valence-corrected chi connectivity index (χ4v) is 4.16. The maximum absolute atomic E-state index is 9.49. The summed E-state index contributed by atoms with van der Waals surface area (Å²) in [6.07, 6.45) is 13.3. The maximum atomic E-state index is 9.49. The van der Waals surface area contributed by atoms with Gasteiger partial charge in [0.05, 0.1) is 0 Å². The second kappa shape index (κ2) is 11.5. The van der Waals surface area contributed by atoms with E-state index in [4.69, 9.17) is 0 Å². The summed E-state index contributed by atoms with van der Waals surface area (Å²) >= 11 is 1.75. The number of aliphatic hydroxyl groups is 1. The molecule has 168 valence electrons. The molecule has 0 saturated heterocycles. The summed E-state index contributed by atoms with van der Waals surface area (Å²) in [7, 11) is 0. The third kappa shape index (κ3) is 6.99. The highest BCUT2D eigenvalue weighted by atomic mass is 32.2. The third-order valence-electron chi connectivity index (χ3n) is 4.82. The molecule has 0 aliphatic heterocycles. The Bertz CT molecular complexity index is 1110. The molecule has 0 atom stereocenters. The second-order valence-corrected chi connectivity index (χ2v) is 9.63. The van der Waals surface area contributed by atoms with Gasteiger partial charge in [0.1, 0.15) is 16.8 Å². The number of hydrogen-bond donors (Lipinski definition) is 2. The Hall–Kier alpha value is -3.05. The molecule has 0 amide bonds. The highest BCUT2D eigenvalue weighted by molar-refractivity contribution is 8.03. The summed E-state index contributed by atoms with van der Waals surface area (Å²) in [4.78, 5) is 2.47. The Morgan fingerprint density at radius 1 is 1.19 bits per heavy atom. The predicted molar refractivity (Wildman–Crippen MR) is 139 cm³/mol. The smallest absolute Gasteiger partial charge is 0.118 e. The van der Waals surface area contributed by atoms with Crippen molar-refractivity contribution in [2.24, 2.45) is 5.41 Å². The topological polar surface area (TPSA) is 61.8 Å².